The summed E-state index contributed by atoms with van der Waals surface area (Å²) in [6.45, 7) is 7.63. The first-order valence-electron chi connectivity index (χ1n) is 6.97. The first-order valence-corrected chi connectivity index (χ1v) is 6.97. The highest BCUT2D eigenvalue weighted by Gasteiger charge is 2.15. The third-order valence-electron chi connectivity index (χ3n) is 3.72. The van der Waals surface area contributed by atoms with E-state index in [0.717, 1.165) is 38.3 Å². The second kappa shape index (κ2) is 6.57. The number of piperazine rings is 1. The Morgan fingerprint density at radius 2 is 2.00 bits per heavy atom. The van der Waals surface area contributed by atoms with E-state index in [9.17, 15) is 4.79 Å². The van der Waals surface area contributed by atoms with Crippen molar-refractivity contribution >= 4 is 11.7 Å². The molecule has 1 aromatic carbocycles. The second-order valence-electron chi connectivity index (χ2n) is 4.98. The zero-order valence-corrected chi connectivity index (χ0v) is 11.5. The van der Waals surface area contributed by atoms with Crippen molar-refractivity contribution in [1.82, 2.24) is 4.90 Å². The van der Waals surface area contributed by atoms with Gasteiger partial charge in [0.2, 0.25) is 0 Å². The summed E-state index contributed by atoms with van der Waals surface area (Å²) in [5.41, 5.74) is 2.33. The van der Waals surface area contributed by atoms with Crippen molar-refractivity contribution in [2.24, 2.45) is 0 Å². The van der Waals surface area contributed by atoms with E-state index >= 15 is 0 Å². The van der Waals surface area contributed by atoms with Gasteiger partial charge in [0.15, 0.2) is 0 Å². The number of aliphatic carboxylic acids is 1. The summed E-state index contributed by atoms with van der Waals surface area (Å²) in [6.07, 6.45) is 0.811. The van der Waals surface area contributed by atoms with Gasteiger partial charge in [0.25, 0.3) is 0 Å². The highest BCUT2D eigenvalue weighted by atomic mass is 16.4. The SMILES string of the molecule is CCN1CCN(c2cccc(CCC(=O)O)c2)CC1. The molecule has 0 atom stereocenters. The van der Waals surface area contributed by atoms with Crippen LogP contribution in [0.15, 0.2) is 24.3 Å². The molecule has 1 aliphatic heterocycles. The molecule has 1 saturated heterocycles. The number of rotatable bonds is 5. The first-order chi connectivity index (χ1) is 9.19. The summed E-state index contributed by atoms with van der Waals surface area (Å²) in [6, 6.07) is 8.28. The Morgan fingerprint density at radius 3 is 2.63 bits per heavy atom. The monoisotopic (exact) mass is 262 g/mol. The molecule has 1 fully saturated rings. The minimum absolute atomic E-state index is 0.201. The Morgan fingerprint density at radius 1 is 1.26 bits per heavy atom. The molecule has 0 saturated carbocycles. The van der Waals surface area contributed by atoms with E-state index in [-0.39, 0.29) is 6.42 Å². The molecule has 4 heteroatoms. The summed E-state index contributed by atoms with van der Waals surface area (Å²) in [7, 11) is 0. The fraction of sp³-hybridized carbons (Fsp3) is 0.533. The minimum Gasteiger partial charge on any atom is -0.481 e. The normalized spacial score (nSPS) is 16.6. The molecule has 0 radical (unpaired) electrons. The minimum atomic E-state index is -0.734. The zero-order valence-electron chi connectivity index (χ0n) is 11.5. The summed E-state index contributed by atoms with van der Waals surface area (Å²) in [4.78, 5) is 15.4. The smallest absolute Gasteiger partial charge is 0.303 e. The van der Waals surface area contributed by atoms with Crippen LogP contribution in [0.3, 0.4) is 0 Å². The Labute approximate surface area is 114 Å². The number of benzene rings is 1. The Hall–Kier alpha value is -1.55. The van der Waals surface area contributed by atoms with Gasteiger partial charge in [-0.1, -0.05) is 19.1 Å². The first kappa shape index (κ1) is 13.9. The van der Waals surface area contributed by atoms with Crippen LogP contribution in [-0.4, -0.2) is 48.7 Å². The third-order valence-corrected chi connectivity index (χ3v) is 3.72. The van der Waals surface area contributed by atoms with Crippen LogP contribution < -0.4 is 4.90 Å². The molecule has 2 rings (SSSR count). The van der Waals surface area contributed by atoms with Gasteiger partial charge >= 0.3 is 5.97 Å². The van der Waals surface area contributed by atoms with E-state index in [4.69, 9.17) is 5.11 Å². The molecule has 0 unspecified atom stereocenters. The molecule has 1 aromatic rings. The fourth-order valence-corrected chi connectivity index (χ4v) is 2.48. The van der Waals surface area contributed by atoms with Gasteiger partial charge in [-0.25, -0.2) is 0 Å². The lowest BCUT2D eigenvalue weighted by Gasteiger charge is -2.35. The van der Waals surface area contributed by atoms with Gasteiger partial charge in [0, 0.05) is 38.3 Å². The number of nitrogens with zero attached hydrogens (tertiary/aromatic N) is 2. The standard InChI is InChI=1S/C15H22N2O2/c1-2-16-8-10-17(11-9-16)14-5-3-4-13(12-14)6-7-15(18)19/h3-5,12H,2,6-11H2,1H3,(H,18,19). The van der Waals surface area contributed by atoms with Crippen LogP contribution in [0.1, 0.15) is 18.9 Å². The maximum atomic E-state index is 10.6. The molecule has 1 heterocycles. The Kier molecular flexibility index (Phi) is 4.80. The van der Waals surface area contributed by atoms with E-state index < -0.39 is 5.97 Å². The van der Waals surface area contributed by atoms with Crippen LogP contribution in [0.2, 0.25) is 0 Å². The van der Waals surface area contributed by atoms with Crippen LogP contribution in [0, 0.1) is 0 Å². The summed E-state index contributed by atoms with van der Waals surface area (Å²) in [5, 5.41) is 8.73. The van der Waals surface area contributed by atoms with Crippen LogP contribution in [-0.2, 0) is 11.2 Å². The van der Waals surface area contributed by atoms with Crippen LogP contribution >= 0.6 is 0 Å². The largest absolute Gasteiger partial charge is 0.481 e. The molecule has 0 amide bonds. The maximum absolute atomic E-state index is 10.6. The van der Waals surface area contributed by atoms with Gasteiger partial charge in [-0.3, -0.25) is 4.79 Å². The van der Waals surface area contributed by atoms with Crippen LogP contribution in [0.25, 0.3) is 0 Å². The van der Waals surface area contributed by atoms with E-state index in [1.165, 1.54) is 5.69 Å². The van der Waals surface area contributed by atoms with Gasteiger partial charge in [-0.05, 0) is 30.7 Å². The van der Waals surface area contributed by atoms with Crippen LogP contribution in [0.4, 0.5) is 5.69 Å². The highest BCUT2D eigenvalue weighted by Crippen LogP contribution is 2.19. The number of carboxylic acids is 1. The van der Waals surface area contributed by atoms with Crippen molar-refractivity contribution in [2.45, 2.75) is 19.8 Å². The lowest BCUT2D eigenvalue weighted by Crippen LogP contribution is -2.46. The summed E-state index contributed by atoms with van der Waals surface area (Å²) in [5.74, 6) is -0.734. The van der Waals surface area contributed by atoms with E-state index in [1.54, 1.807) is 0 Å². The lowest BCUT2D eigenvalue weighted by molar-refractivity contribution is -0.136. The van der Waals surface area contributed by atoms with Crippen molar-refractivity contribution < 1.29 is 9.90 Å². The predicted octanol–water partition coefficient (Wildman–Crippen LogP) is 1.85. The van der Waals surface area contributed by atoms with Crippen molar-refractivity contribution in [1.29, 1.82) is 0 Å². The van der Waals surface area contributed by atoms with Crippen molar-refractivity contribution in [3.05, 3.63) is 29.8 Å². The molecule has 0 aromatic heterocycles. The molecule has 0 spiro atoms. The number of carbonyl (C=O) groups is 1. The molecule has 19 heavy (non-hydrogen) atoms. The third kappa shape index (κ3) is 3.96. The maximum Gasteiger partial charge on any atom is 0.303 e. The molecule has 1 aliphatic rings. The fourth-order valence-electron chi connectivity index (χ4n) is 2.48. The number of aryl methyl sites for hydroxylation is 1. The molecule has 4 nitrogen and oxygen atoms in total. The van der Waals surface area contributed by atoms with Crippen LogP contribution in [0.5, 0.6) is 0 Å². The van der Waals surface area contributed by atoms with Gasteiger partial charge < -0.3 is 14.9 Å². The Balaban J connectivity index is 1.97. The topological polar surface area (TPSA) is 43.8 Å². The zero-order chi connectivity index (χ0) is 13.7. The summed E-state index contributed by atoms with van der Waals surface area (Å²) >= 11 is 0. The number of hydrogen-bond donors (Lipinski definition) is 1. The predicted molar refractivity (Wildman–Crippen MR) is 76.7 cm³/mol. The number of likely N-dealkylation sites (N-methyl/N-ethyl adjacent to an activating group) is 1. The summed E-state index contributed by atoms with van der Waals surface area (Å²) < 4.78 is 0. The van der Waals surface area contributed by atoms with Gasteiger partial charge in [-0.15, -0.1) is 0 Å². The van der Waals surface area contributed by atoms with Crippen molar-refractivity contribution in [2.75, 3.05) is 37.6 Å². The van der Waals surface area contributed by atoms with Crippen molar-refractivity contribution in [3.63, 3.8) is 0 Å². The molecule has 104 valence electrons. The number of hydrogen-bond acceptors (Lipinski definition) is 3. The van der Waals surface area contributed by atoms with Gasteiger partial charge in [-0.2, -0.15) is 0 Å². The number of anilines is 1. The molecule has 0 bridgehead atoms. The quantitative estimate of drug-likeness (QED) is 0.879. The van der Waals surface area contributed by atoms with Gasteiger partial charge in [0.1, 0.15) is 0 Å². The van der Waals surface area contributed by atoms with E-state index in [2.05, 4.69) is 28.9 Å². The highest BCUT2D eigenvalue weighted by molar-refractivity contribution is 5.67. The Bertz CT molecular complexity index is 426. The average molecular weight is 262 g/mol. The molecule has 1 N–H and O–H groups in total. The molecule has 0 aliphatic carbocycles. The van der Waals surface area contributed by atoms with Crippen molar-refractivity contribution in [3.8, 4) is 0 Å². The second-order valence-corrected chi connectivity index (χ2v) is 4.98. The lowest BCUT2D eigenvalue weighted by atomic mass is 10.1. The van der Waals surface area contributed by atoms with E-state index in [0.29, 0.717) is 6.42 Å². The van der Waals surface area contributed by atoms with E-state index in [1.807, 2.05) is 12.1 Å². The molecular formula is C15H22N2O2. The molecular weight excluding hydrogens is 240 g/mol. The average Bonchev–Trinajstić information content (AvgIpc) is 2.45. The van der Waals surface area contributed by atoms with Gasteiger partial charge in [0.05, 0.1) is 0 Å². The number of carboxylic acid groups (broad SMARTS) is 1.